The smallest absolute Gasteiger partial charge is 0.255 e. The number of nitrogens with one attached hydrogen (secondary N) is 1. The number of benzene rings is 2. The molecule has 0 bridgehead atoms. The lowest BCUT2D eigenvalue weighted by molar-refractivity contribution is 0.0925. The van der Waals surface area contributed by atoms with Crippen LogP contribution in [0, 0.1) is 17.5 Å². The van der Waals surface area contributed by atoms with Crippen molar-refractivity contribution in [2.45, 2.75) is 12.5 Å². The van der Waals surface area contributed by atoms with Gasteiger partial charge in [-0.15, -0.1) is 0 Å². The summed E-state index contributed by atoms with van der Waals surface area (Å²) in [5.41, 5.74) is 1.19. The summed E-state index contributed by atoms with van der Waals surface area (Å²) in [4.78, 5) is 23.8. The first-order chi connectivity index (χ1) is 17.8. The average molecular weight is 509 g/mol. The summed E-state index contributed by atoms with van der Waals surface area (Å²) in [5, 5.41) is 3.41. The lowest BCUT2D eigenvalue weighted by Gasteiger charge is -2.27. The minimum Gasteiger partial charge on any atom is -0.494 e. The van der Waals surface area contributed by atoms with Gasteiger partial charge in [0.2, 0.25) is 0 Å². The number of ether oxygens (including phenoxy) is 2. The molecule has 0 radical (unpaired) electrons. The molecule has 0 aliphatic carbocycles. The summed E-state index contributed by atoms with van der Waals surface area (Å²) in [6.45, 7) is 0.455. The van der Waals surface area contributed by atoms with E-state index < -0.39 is 23.0 Å². The zero-order valence-corrected chi connectivity index (χ0v) is 20.3. The van der Waals surface area contributed by atoms with Crippen molar-refractivity contribution in [3.63, 3.8) is 0 Å². The first-order valence-electron chi connectivity index (χ1n) is 11.5. The molecule has 0 saturated heterocycles. The van der Waals surface area contributed by atoms with Gasteiger partial charge in [-0.25, -0.2) is 18.2 Å². The van der Waals surface area contributed by atoms with Crippen LogP contribution in [-0.4, -0.2) is 43.7 Å². The van der Waals surface area contributed by atoms with E-state index in [4.69, 9.17) is 9.47 Å². The fourth-order valence-electron chi connectivity index (χ4n) is 4.60. The molecular formula is C27H23F3N4O3. The Hall–Kier alpha value is -4.34. The number of halogens is 3. The topological polar surface area (TPSA) is 76.6 Å². The quantitative estimate of drug-likeness (QED) is 0.381. The standard InChI is InChI=1S/C27H23F3N4O3/c1-34(2)26-17(27(35)33-19-8-9-37-20-7-5-4-6-15(19)20)12-31-25-22(26)21(36-3)13-32-24(25)16-10-14(28)11-18(29)23(16)30/h4-7,10-13,19H,8-9H2,1-3H3,(H,33,35)/t19-/m0/s1. The monoisotopic (exact) mass is 508 g/mol. The SMILES string of the molecule is COc1cnc(-c2cc(F)cc(F)c2F)c2ncc(C(=O)N[C@H]3CCOc4ccccc43)c(N(C)C)c12. The van der Waals surface area contributed by atoms with Crippen molar-refractivity contribution in [1.82, 2.24) is 15.3 Å². The van der Waals surface area contributed by atoms with E-state index in [1.807, 2.05) is 24.3 Å². The van der Waals surface area contributed by atoms with Gasteiger partial charge in [-0.3, -0.25) is 9.78 Å². The third-order valence-corrected chi connectivity index (χ3v) is 6.26. The second-order valence-electron chi connectivity index (χ2n) is 8.76. The lowest BCUT2D eigenvalue weighted by atomic mass is 9.99. The molecule has 5 rings (SSSR count). The predicted octanol–water partition coefficient (Wildman–Crippen LogP) is 5.04. The number of rotatable bonds is 5. The lowest BCUT2D eigenvalue weighted by Crippen LogP contribution is -2.33. The number of hydrogen-bond acceptors (Lipinski definition) is 6. The van der Waals surface area contributed by atoms with Gasteiger partial charge in [-0.05, 0) is 12.1 Å². The molecule has 1 aliphatic rings. The van der Waals surface area contributed by atoms with Crippen molar-refractivity contribution in [3.05, 3.63) is 77.4 Å². The molecule has 1 atom stereocenters. The Morgan fingerprint density at radius 1 is 1.14 bits per heavy atom. The molecule has 4 aromatic rings. The highest BCUT2D eigenvalue weighted by atomic mass is 19.2. The van der Waals surface area contributed by atoms with Crippen molar-refractivity contribution in [1.29, 1.82) is 0 Å². The zero-order chi connectivity index (χ0) is 26.3. The van der Waals surface area contributed by atoms with Crippen LogP contribution in [0.4, 0.5) is 18.9 Å². The Balaban J connectivity index is 1.66. The highest BCUT2D eigenvalue weighted by Crippen LogP contribution is 2.40. The van der Waals surface area contributed by atoms with E-state index in [-0.39, 0.29) is 34.5 Å². The Morgan fingerprint density at radius 2 is 1.92 bits per heavy atom. The van der Waals surface area contributed by atoms with Crippen LogP contribution in [0.2, 0.25) is 0 Å². The maximum absolute atomic E-state index is 14.7. The van der Waals surface area contributed by atoms with Gasteiger partial charge in [0.1, 0.15) is 22.8 Å². The Kier molecular flexibility index (Phi) is 6.32. The number of carbonyl (C=O) groups excluding carboxylic acids is 1. The summed E-state index contributed by atoms with van der Waals surface area (Å²) < 4.78 is 53.9. The number of nitrogens with zero attached hydrogens (tertiary/aromatic N) is 3. The van der Waals surface area contributed by atoms with Crippen LogP contribution in [0.5, 0.6) is 11.5 Å². The Morgan fingerprint density at radius 3 is 2.68 bits per heavy atom. The minimum atomic E-state index is -1.35. The van der Waals surface area contributed by atoms with Gasteiger partial charge in [0.25, 0.3) is 5.91 Å². The third-order valence-electron chi connectivity index (χ3n) is 6.26. The van der Waals surface area contributed by atoms with Crippen molar-refractivity contribution >= 4 is 22.5 Å². The van der Waals surface area contributed by atoms with E-state index in [0.29, 0.717) is 35.9 Å². The number of aromatic nitrogens is 2. The molecule has 3 heterocycles. The van der Waals surface area contributed by atoms with Crippen molar-refractivity contribution < 1.29 is 27.4 Å². The van der Waals surface area contributed by atoms with Crippen LogP contribution in [0.3, 0.4) is 0 Å². The maximum atomic E-state index is 14.7. The molecule has 1 amide bonds. The van der Waals surface area contributed by atoms with Gasteiger partial charge in [0.05, 0.1) is 48.3 Å². The summed E-state index contributed by atoms with van der Waals surface area (Å²) >= 11 is 0. The van der Waals surface area contributed by atoms with Gasteiger partial charge in [0, 0.05) is 43.9 Å². The van der Waals surface area contributed by atoms with E-state index >= 15 is 0 Å². The summed E-state index contributed by atoms with van der Waals surface area (Å²) in [6, 6.07) is 8.53. The number of amides is 1. The number of hydrogen-bond donors (Lipinski definition) is 1. The van der Waals surface area contributed by atoms with Gasteiger partial charge in [-0.1, -0.05) is 18.2 Å². The van der Waals surface area contributed by atoms with Crippen molar-refractivity contribution in [3.8, 4) is 22.8 Å². The molecule has 0 fully saturated rings. The molecular weight excluding hydrogens is 485 g/mol. The molecule has 1 N–H and O–H groups in total. The number of fused-ring (bicyclic) bond motifs is 2. The van der Waals surface area contributed by atoms with Crippen molar-refractivity contribution in [2.24, 2.45) is 0 Å². The number of pyridine rings is 2. The normalized spacial score (nSPS) is 14.6. The minimum absolute atomic E-state index is 0.0832. The van der Waals surface area contributed by atoms with E-state index in [1.54, 1.807) is 19.0 Å². The fraction of sp³-hybridized carbons (Fsp3) is 0.222. The van der Waals surface area contributed by atoms with E-state index in [0.717, 1.165) is 11.6 Å². The molecule has 2 aromatic heterocycles. The molecule has 0 saturated carbocycles. The Labute approximate surface area is 210 Å². The van der Waals surface area contributed by atoms with Crippen LogP contribution in [0.1, 0.15) is 28.4 Å². The molecule has 10 heteroatoms. The molecule has 37 heavy (non-hydrogen) atoms. The summed E-state index contributed by atoms with van der Waals surface area (Å²) in [5.74, 6) is -2.97. The van der Waals surface area contributed by atoms with E-state index in [2.05, 4.69) is 15.3 Å². The average Bonchev–Trinajstić information content (AvgIpc) is 2.89. The van der Waals surface area contributed by atoms with Gasteiger partial charge in [0.15, 0.2) is 11.6 Å². The van der Waals surface area contributed by atoms with E-state index in [9.17, 15) is 18.0 Å². The van der Waals surface area contributed by atoms with Gasteiger partial charge >= 0.3 is 0 Å². The molecule has 0 unspecified atom stereocenters. The van der Waals surface area contributed by atoms with Gasteiger partial charge < -0.3 is 19.7 Å². The summed E-state index contributed by atoms with van der Waals surface area (Å²) in [7, 11) is 4.89. The first kappa shape index (κ1) is 24.4. The zero-order valence-electron chi connectivity index (χ0n) is 20.3. The molecule has 190 valence electrons. The maximum Gasteiger partial charge on any atom is 0.255 e. The number of methoxy groups -OCH3 is 1. The second kappa shape index (κ2) is 9.61. The third kappa shape index (κ3) is 4.28. The molecule has 0 spiro atoms. The number of para-hydroxylation sites is 1. The van der Waals surface area contributed by atoms with Gasteiger partial charge in [-0.2, -0.15) is 0 Å². The molecule has 2 aromatic carbocycles. The van der Waals surface area contributed by atoms with E-state index in [1.165, 1.54) is 19.5 Å². The predicted molar refractivity (Wildman–Crippen MR) is 132 cm³/mol. The second-order valence-corrected chi connectivity index (χ2v) is 8.76. The van der Waals surface area contributed by atoms with Crippen LogP contribution >= 0.6 is 0 Å². The largest absolute Gasteiger partial charge is 0.494 e. The molecule has 1 aliphatic heterocycles. The number of anilines is 1. The number of carbonyl (C=O) groups is 1. The highest BCUT2D eigenvalue weighted by Gasteiger charge is 2.28. The summed E-state index contributed by atoms with van der Waals surface area (Å²) in [6.07, 6.45) is 3.24. The van der Waals surface area contributed by atoms with Crippen LogP contribution < -0.4 is 19.7 Å². The fourth-order valence-corrected chi connectivity index (χ4v) is 4.60. The Bertz CT molecular complexity index is 1530. The van der Waals surface area contributed by atoms with Crippen LogP contribution in [0.15, 0.2) is 48.8 Å². The highest BCUT2D eigenvalue weighted by molar-refractivity contribution is 6.11. The molecule has 7 nitrogen and oxygen atoms in total. The first-order valence-corrected chi connectivity index (χ1v) is 11.5. The van der Waals surface area contributed by atoms with Crippen LogP contribution in [-0.2, 0) is 0 Å². The van der Waals surface area contributed by atoms with Crippen molar-refractivity contribution in [2.75, 3.05) is 32.7 Å². The van der Waals surface area contributed by atoms with Crippen LogP contribution in [0.25, 0.3) is 22.2 Å².